The maximum Gasteiger partial charge on any atom is 0.363 e. The summed E-state index contributed by atoms with van der Waals surface area (Å²) in [5.74, 6) is -2.17. The molecular formula is C11H6ClNO4. The molecule has 5 nitrogen and oxygen atoms in total. The van der Waals surface area contributed by atoms with Crippen molar-refractivity contribution >= 4 is 29.4 Å². The predicted molar refractivity (Wildman–Crippen MR) is 57.9 cm³/mol. The van der Waals surface area contributed by atoms with Crippen molar-refractivity contribution in [3.8, 4) is 0 Å². The van der Waals surface area contributed by atoms with Crippen LogP contribution < -0.4 is 0 Å². The molecule has 1 aliphatic rings. The molecule has 17 heavy (non-hydrogen) atoms. The molecule has 0 bridgehead atoms. The van der Waals surface area contributed by atoms with Crippen molar-refractivity contribution < 1.29 is 19.2 Å². The molecule has 86 valence electrons. The maximum absolute atomic E-state index is 11.6. The van der Waals surface area contributed by atoms with Crippen molar-refractivity contribution in [2.45, 2.75) is 0 Å². The molecule has 0 atom stereocenters. The minimum absolute atomic E-state index is 0.196. The molecule has 0 spiro atoms. The third-order valence-corrected chi connectivity index (χ3v) is 2.27. The summed E-state index contributed by atoms with van der Waals surface area (Å²) in [5, 5.41) is 0.869. The van der Waals surface area contributed by atoms with Gasteiger partial charge in [-0.15, -0.1) is 0 Å². The van der Waals surface area contributed by atoms with Crippen LogP contribution in [-0.2, 0) is 14.4 Å². The van der Waals surface area contributed by atoms with Crippen LogP contribution in [0.1, 0.15) is 10.4 Å². The van der Waals surface area contributed by atoms with E-state index >= 15 is 0 Å². The smallest absolute Gasteiger partial charge is 0.324 e. The van der Waals surface area contributed by atoms with Crippen molar-refractivity contribution in [3.05, 3.63) is 47.0 Å². The van der Waals surface area contributed by atoms with Gasteiger partial charge < -0.3 is 4.84 Å². The average molecular weight is 252 g/mol. The Labute approximate surface area is 101 Å². The Hall–Kier alpha value is -2.14. The predicted octanol–water partition coefficient (Wildman–Crippen LogP) is 1.34. The van der Waals surface area contributed by atoms with Crippen LogP contribution >= 0.6 is 11.6 Å². The first-order valence-corrected chi connectivity index (χ1v) is 5.00. The highest BCUT2D eigenvalue weighted by atomic mass is 35.5. The minimum Gasteiger partial charge on any atom is -0.324 e. The fraction of sp³-hybridized carbons (Fsp3) is 0. The fourth-order valence-electron chi connectivity index (χ4n) is 1.20. The zero-order valence-corrected chi connectivity index (χ0v) is 9.18. The van der Waals surface area contributed by atoms with E-state index in [2.05, 4.69) is 4.84 Å². The summed E-state index contributed by atoms with van der Waals surface area (Å²) in [7, 11) is 0. The van der Waals surface area contributed by atoms with Crippen LogP contribution in [0.4, 0.5) is 0 Å². The SMILES string of the molecule is O=C(ON1C(=O)C=CC1=O)c1ccc(Cl)cc1. The maximum atomic E-state index is 11.6. The fourth-order valence-corrected chi connectivity index (χ4v) is 1.32. The van der Waals surface area contributed by atoms with Gasteiger partial charge in [0.15, 0.2) is 0 Å². The van der Waals surface area contributed by atoms with Gasteiger partial charge in [-0.25, -0.2) is 4.79 Å². The number of nitrogens with zero attached hydrogens (tertiary/aromatic N) is 1. The number of carbonyl (C=O) groups excluding carboxylic acids is 3. The van der Waals surface area contributed by atoms with Gasteiger partial charge in [0.2, 0.25) is 0 Å². The van der Waals surface area contributed by atoms with Gasteiger partial charge in [-0.05, 0) is 24.3 Å². The Balaban J connectivity index is 2.10. The molecule has 1 aromatic rings. The Morgan fingerprint density at radius 2 is 1.59 bits per heavy atom. The Morgan fingerprint density at radius 3 is 2.12 bits per heavy atom. The number of hydrogen-bond donors (Lipinski definition) is 0. The van der Waals surface area contributed by atoms with Crippen molar-refractivity contribution in [2.24, 2.45) is 0 Å². The van der Waals surface area contributed by atoms with Crippen LogP contribution in [0.3, 0.4) is 0 Å². The van der Waals surface area contributed by atoms with E-state index in [9.17, 15) is 14.4 Å². The van der Waals surface area contributed by atoms with Gasteiger partial charge in [0.25, 0.3) is 11.8 Å². The highest BCUT2D eigenvalue weighted by Gasteiger charge is 2.28. The summed E-state index contributed by atoms with van der Waals surface area (Å²) in [6.45, 7) is 0. The molecule has 0 N–H and O–H groups in total. The van der Waals surface area contributed by atoms with E-state index in [1.807, 2.05) is 0 Å². The van der Waals surface area contributed by atoms with E-state index in [-0.39, 0.29) is 5.56 Å². The first-order chi connectivity index (χ1) is 8.08. The normalized spacial score (nSPS) is 14.3. The number of hydroxylamine groups is 2. The van der Waals surface area contributed by atoms with Crippen LogP contribution in [0, 0.1) is 0 Å². The van der Waals surface area contributed by atoms with Gasteiger partial charge in [-0.1, -0.05) is 16.7 Å². The van der Waals surface area contributed by atoms with Crippen LogP contribution in [0.2, 0.25) is 5.02 Å². The molecule has 0 aromatic heterocycles. The quantitative estimate of drug-likeness (QED) is 0.744. The molecule has 2 amide bonds. The van der Waals surface area contributed by atoms with E-state index in [0.717, 1.165) is 12.2 Å². The van der Waals surface area contributed by atoms with Gasteiger partial charge in [0.1, 0.15) is 0 Å². The number of imide groups is 1. The summed E-state index contributed by atoms with van der Waals surface area (Å²) in [4.78, 5) is 38.5. The lowest BCUT2D eigenvalue weighted by Crippen LogP contribution is -2.32. The molecule has 6 heteroatoms. The van der Waals surface area contributed by atoms with Crippen molar-refractivity contribution in [2.75, 3.05) is 0 Å². The standard InChI is InChI=1S/C11H6ClNO4/c12-8-3-1-7(2-4-8)11(16)17-13-9(14)5-6-10(13)15/h1-6H. The Kier molecular flexibility index (Phi) is 2.93. The highest BCUT2D eigenvalue weighted by Crippen LogP contribution is 2.12. The molecule has 1 aromatic carbocycles. The van der Waals surface area contributed by atoms with E-state index in [1.54, 1.807) is 0 Å². The number of halogens is 1. The molecule has 0 radical (unpaired) electrons. The topological polar surface area (TPSA) is 63.7 Å². The first-order valence-electron chi connectivity index (χ1n) is 4.62. The van der Waals surface area contributed by atoms with Gasteiger partial charge in [-0.3, -0.25) is 9.59 Å². The van der Waals surface area contributed by atoms with Crippen LogP contribution in [-0.4, -0.2) is 22.8 Å². The summed E-state index contributed by atoms with van der Waals surface area (Å²) in [5.41, 5.74) is 0.196. The number of rotatable bonds is 2. The zero-order valence-electron chi connectivity index (χ0n) is 8.42. The lowest BCUT2D eigenvalue weighted by Gasteiger charge is -2.12. The van der Waals surface area contributed by atoms with Gasteiger partial charge in [-0.2, -0.15) is 0 Å². The Bertz CT molecular complexity index is 503. The van der Waals surface area contributed by atoms with Gasteiger partial charge in [0, 0.05) is 17.2 Å². The monoisotopic (exact) mass is 251 g/mol. The molecule has 0 saturated heterocycles. The lowest BCUT2D eigenvalue weighted by molar-refractivity contribution is -0.170. The third kappa shape index (κ3) is 2.34. The first kappa shape index (κ1) is 11.3. The second-order valence-electron chi connectivity index (χ2n) is 3.19. The average Bonchev–Trinajstić information content (AvgIpc) is 2.61. The number of benzene rings is 1. The second-order valence-corrected chi connectivity index (χ2v) is 3.63. The second kappa shape index (κ2) is 4.39. The van der Waals surface area contributed by atoms with Crippen molar-refractivity contribution in [1.82, 2.24) is 5.06 Å². The van der Waals surface area contributed by atoms with E-state index < -0.39 is 17.8 Å². The molecule has 0 fully saturated rings. The number of amides is 2. The molecule has 0 aliphatic carbocycles. The van der Waals surface area contributed by atoms with Crippen molar-refractivity contribution in [1.29, 1.82) is 0 Å². The van der Waals surface area contributed by atoms with Crippen LogP contribution in [0.5, 0.6) is 0 Å². The molecule has 0 unspecified atom stereocenters. The highest BCUT2D eigenvalue weighted by molar-refractivity contribution is 6.30. The largest absolute Gasteiger partial charge is 0.363 e. The van der Waals surface area contributed by atoms with Crippen LogP contribution in [0.25, 0.3) is 0 Å². The van der Waals surface area contributed by atoms with E-state index in [1.165, 1.54) is 24.3 Å². The van der Waals surface area contributed by atoms with E-state index in [4.69, 9.17) is 11.6 Å². The van der Waals surface area contributed by atoms with Gasteiger partial charge >= 0.3 is 5.97 Å². The third-order valence-electron chi connectivity index (χ3n) is 2.02. The lowest BCUT2D eigenvalue weighted by atomic mass is 10.2. The van der Waals surface area contributed by atoms with Gasteiger partial charge in [0.05, 0.1) is 5.56 Å². The van der Waals surface area contributed by atoms with Crippen LogP contribution in [0.15, 0.2) is 36.4 Å². The molecule has 0 saturated carbocycles. The molecule has 1 heterocycles. The van der Waals surface area contributed by atoms with E-state index in [0.29, 0.717) is 10.1 Å². The number of hydrogen-bond acceptors (Lipinski definition) is 4. The Morgan fingerprint density at radius 1 is 1.06 bits per heavy atom. The zero-order chi connectivity index (χ0) is 12.4. The summed E-state index contributed by atoms with van der Waals surface area (Å²) < 4.78 is 0. The summed E-state index contributed by atoms with van der Waals surface area (Å²) in [6, 6.07) is 5.88. The molecular weight excluding hydrogens is 246 g/mol. The van der Waals surface area contributed by atoms with Crippen molar-refractivity contribution in [3.63, 3.8) is 0 Å². The molecule has 1 aliphatic heterocycles. The molecule has 2 rings (SSSR count). The summed E-state index contributed by atoms with van der Waals surface area (Å²) >= 11 is 5.65. The minimum atomic E-state index is -0.799. The summed E-state index contributed by atoms with van der Waals surface area (Å²) in [6.07, 6.45) is 2.05. The number of carbonyl (C=O) groups is 3.